The van der Waals surface area contributed by atoms with Gasteiger partial charge in [0.1, 0.15) is 0 Å². The fraction of sp³-hybridized carbons (Fsp3) is 0.688. The third-order valence-electron chi connectivity index (χ3n) is 4.58. The molecule has 2 rings (SSSR count). The Hall–Kier alpha value is -0.890. The Morgan fingerprint density at radius 1 is 1.44 bits per heavy atom. The molecular weight excluding hydrogens is 220 g/mol. The molecule has 1 aromatic rings. The highest BCUT2D eigenvalue weighted by atomic mass is 14.9. The molecular formula is C16H26N2. The molecule has 18 heavy (non-hydrogen) atoms. The van der Waals surface area contributed by atoms with Crippen LogP contribution >= 0.6 is 0 Å². The van der Waals surface area contributed by atoms with Crippen LogP contribution in [0.15, 0.2) is 18.5 Å². The van der Waals surface area contributed by atoms with E-state index in [-0.39, 0.29) is 0 Å². The van der Waals surface area contributed by atoms with E-state index in [1.807, 2.05) is 12.4 Å². The van der Waals surface area contributed by atoms with Crippen LogP contribution in [-0.2, 0) is 0 Å². The van der Waals surface area contributed by atoms with Crippen molar-refractivity contribution in [1.82, 2.24) is 10.3 Å². The molecule has 0 saturated heterocycles. The van der Waals surface area contributed by atoms with Gasteiger partial charge < -0.3 is 5.32 Å². The molecule has 1 aliphatic rings. The minimum atomic E-state index is 0.502. The molecule has 0 radical (unpaired) electrons. The van der Waals surface area contributed by atoms with Crippen LogP contribution in [0.2, 0.25) is 0 Å². The standard InChI is InChI=1S/C16H26N2/c1-4-13-6-5-7-14(10-13)16(17-3)15-8-9-18-11-12(15)2/h8-9,11,13-14,16-17H,4-7,10H2,1-3H3. The van der Waals surface area contributed by atoms with E-state index in [0.29, 0.717) is 6.04 Å². The molecule has 3 unspecified atom stereocenters. The highest BCUT2D eigenvalue weighted by molar-refractivity contribution is 5.26. The normalized spacial score (nSPS) is 25.9. The van der Waals surface area contributed by atoms with E-state index >= 15 is 0 Å². The summed E-state index contributed by atoms with van der Waals surface area (Å²) in [6.45, 7) is 4.51. The summed E-state index contributed by atoms with van der Waals surface area (Å²) in [5, 5.41) is 3.55. The molecule has 1 aliphatic carbocycles. The lowest BCUT2D eigenvalue weighted by Crippen LogP contribution is -2.30. The van der Waals surface area contributed by atoms with Crippen molar-refractivity contribution in [3.63, 3.8) is 0 Å². The zero-order valence-electron chi connectivity index (χ0n) is 11.9. The van der Waals surface area contributed by atoms with Crippen LogP contribution < -0.4 is 5.32 Å². The average Bonchev–Trinajstić information content (AvgIpc) is 2.42. The number of pyridine rings is 1. The Labute approximate surface area is 111 Å². The summed E-state index contributed by atoms with van der Waals surface area (Å²) in [5.74, 6) is 1.72. The second-order valence-electron chi connectivity index (χ2n) is 5.70. The molecule has 3 atom stereocenters. The number of aromatic nitrogens is 1. The third kappa shape index (κ3) is 2.92. The lowest BCUT2D eigenvalue weighted by Gasteiger charge is -2.35. The Morgan fingerprint density at radius 2 is 2.28 bits per heavy atom. The van der Waals surface area contributed by atoms with Crippen molar-refractivity contribution >= 4 is 0 Å². The Morgan fingerprint density at radius 3 is 2.94 bits per heavy atom. The smallest absolute Gasteiger partial charge is 0.0350 e. The van der Waals surface area contributed by atoms with Gasteiger partial charge in [0.2, 0.25) is 0 Å². The Bertz CT molecular complexity index is 375. The Balaban J connectivity index is 2.15. The van der Waals surface area contributed by atoms with Crippen LogP contribution in [0.3, 0.4) is 0 Å². The van der Waals surface area contributed by atoms with E-state index in [2.05, 4.69) is 37.3 Å². The van der Waals surface area contributed by atoms with Crippen molar-refractivity contribution in [2.24, 2.45) is 11.8 Å². The molecule has 2 nitrogen and oxygen atoms in total. The van der Waals surface area contributed by atoms with E-state index in [4.69, 9.17) is 0 Å². The fourth-order valence-corrected chi connectivity index (χ4v) is 3.48. The van der Waals surface area contributed by atoms with E-state index in [0.717, 1.165) is 11.8 Å². The number of hydrogen-bond acceptors (Lipinski definition) is 2. The molecule has 0 aliphatic heterocycles. The van der Waals surface area contributed by atoms with Crippen LogP contribution in [0.5, 0.6) is 0 Å². The highest BCUT2D eigenvalue weighted by Crippen LogP contribution is 2.38. The van der Waals surface area contributed by atoms with Gasteiger partial charge in [0.05, 0.1) is 0 Å². The van der Waals surface area contributed by atoms with Gasteiger partial charge in [-0.15, -0.1) is 0 Å². The number of nitrogens with zero attached hydrogens (tertiary/aromatic N) is 1. The number of hydrogen-bond donors (Lipinski definition) is 1. The topological polar surface area (TPSA) is 24.9 Å². The largest absolute Gasteiger partial charge is 0.313 e. The van der Waals surface area contributed by atoms with Gasteiger partial charge in [-0.2, -0.15) is 0 Å². The quantitative estimate of drug-likeness (QED) is 0.872. The zero-order chi connectivity index (χ0) is 13.0. The van der Waals surface area contributed by atoms with E-state index in [1.165, 1.54) is 43.2 Å². The van der Waals surface area contributed by atoms with Gasteiger partial charge in [0.25, 0.3) is 0 Å². The summed E-state index contributed by atoms with van der Waals surface area (Å²) in [7, 11) is 2.10. The summed E-state index contributed by atoms with van der Waals surface area (Å²) < 4.78 is 0. The maximum Gasteiger partial charge on any atom is 0.0350 e. The molecule has 1 saturated carbocycles. The number of rotatable bonds is 4. The molecule has 0 aromatic carbocycles. The van der Waals surface area contributed by atoms with E-state index in [9.17, 15) is 0 Å². The first-order valence-corrected chi connectivity index (χ1v) is 7.34. The van der Waals surface area contributed by atoms with Gasteiger partial charge in [-0.1, -0.05) is 26.2 Å². The Kier molecular flexibility index (Phi) is 4.76. The van der Waals surface area contributed by atoms with E-state index in [1.54, 1.807) is 0 Å². The van der Waals surface area contributed by atoms with Crippen molar-refractivity contribution in [2.75, 3.05) is 7.05 Å². The highest BCUT2D eigenvalue weighted by Gasteiger charge is 2.28. The van der Waals surface area contributed by atoms with Crippen molar-refractivity contribution in [2.45, 2.75) is 52.0 Å². The zero-order valence-corrected chi connectivity index (χ0v) is 11.9. The summed E-state index contributed by atoms with van der Waals surface area (Å²) >= 11 is 0. The van der Waals surface area contributed by atoms with Crippen molar-refractivity contribution in [1.29, 1.82) is 0 Å². The first-order valence-electron chi connectivity index (χ1n) is 7.34. The van der Waals surface area contributed by atoms with Gasteiger partial charge in [-0.05, 0) is 55.8 Å². The van der Waals surface area contributed by atoms with Crippen molar-refractivity contribution < 1.29 is 0 Å². The summed E-state index contributed by atoms with van der Waals surface area (Å²) in [4.78, 5) is 4.21. The minimum Gasteiger partial charge on any atom is -0.313 e. The number of nitrogens with one attached hydrogen (secondary N) is 1. The molecule has 1 fully saturated rings. The molecule has 1 N–H and O–H groups in total. The third-order valence-corrected chi connectivity index (χ3v) is 4.58. The minimum absolute atomic E-state index is 0.502. The predicted octanol–water partition coefficient (Wildman–Crippen LogP) is 3.87. The summed E-state index contributed by atoms with van der Waals surface area (Å²) in [6.07, 6.45) is 10.8. The summed E-state index contributed by atoms with van der Waals surface area (Å²) in [5.41, 5.74) is 2.75. The molecule has 2 heteroatoms. The monoisotopic (exact) mass is 246 g/mol. The average molecular weight is 246 g/mol. The lowest BCUT2D eigenvalue weighted by molar-refractivity contribution is 0.214. The second-order valence-corrected chi connectivity index (χ2v) is 5.70. The van der Waals surface area contributed by atoms with Gasteiger partial charge in [-0.25, -0.2) is 0 Å². The number of aryl methyl sites for hydroxylation is 1. The lowest BCUT2D eigenvalue weighted by atomic mass is 9.75. The van der Waals surface area contributed by atoms with Crippen LogP contribution in [0.1, 0.15) is 56.2 Å². The van der Waals surface area contributed by atoms with Gasteiger partial charge in [0, 0.05) is 18.4 Å². The first kappa shape index (κ1) is 13.5. The molecule has 0 amide bonds. The van der Waals surface area contributed by atoms with Crippen LogP contribution in [0, 0.1) is 18.8 Å². The molecule has 0 spiro atoms. The SMILES string of the molecule is CCC1CCCC(C(NC)c2ccncc2C)C1. The van der Waals surface area contributed by atoms with Gasteiger partial charge in [0.15, 0.2) is 0 Å². The van der Waals surface area contributed by atoms with Gasteiger partial charge >= 0.3 is 0 Å². The fourth-order valence-electron chi connectivity index (χ4n) is 3.48. The predicted molar refractivity (Wildman–Crippen MR) is 76.5 cm³/mol. The molecule has 0 bridgehead atoms. The maximum atomic E-state index is 4.21. The van der Waals surface area contributed by atoms with Crippen molar-refractivity contribution in [3.05, 3.63) is 29.6 Å². The first-order chi connectivity index (χ1) is 8.76. The second kappa shape index (κ2) is 6.33. The van der Waals surface area contributed by atoms with E-state index < -0.39 is 0 Å². The maximum absolute atomic E-state index is 4.21. The van der Waals surface area contributed by atoms with Crippen LogP contribution in [0.4, 0.5) is 0 Å². The van der Waals surface area contributed by atoms with Crippen LogP contribution in [0.25, 0.3) is 0 Å². The van der Waals surface area contributed by atoms with Crippen molar-refractivity contribution in [3.8, 4) is 0 Å². The molecule has 1 heterocycles. The molecule has 100 valence electrons. The van der Waals surface area contributed by atoms with Gasteiger partial charge in [-0.3, -0.25) is 4.98 Å². The van der Waals surface area contributed by atoms with Crippen LogP contribution in [-0.4, -0.2) is 12.0 Å². The summed E-state index contributed by atoms with van der Waals surface area (Å²) in [6, 6.07) is 2.69. The molecule has 1 aromatic heterocycles.